The van der Waals surface area contributed by atoms with E-state index >= 15 is 0 Å². The molecule has 0 heterocycles. The second-order valence-electron chi connectivity index (χ2n) is 8.19. The van der Waals surface area contributed by atoms with Crippen LogP contribution in [0.5, 0.6) is 0 Å². The number of hydrogen-bond acceptors (Lipinski definition) is 4. The Kier molecular flexibility index (Phi) is 6.95. The highest BCUT2D eigenvalue weighted by molar-refractivity contribution is 7.92. The molecule has 0 aliphatic carbocycles. The van der Waals surface area contributed by atoms with Crippen molar-refractivity contribution in [3.63, 3.8) is 0 Å². The molecule has 1 atom stereocenters. The van der Waals surface area contributed by atoms with E-state index in [9.17, 15) is 18.3 Å². The van der Waals surface area contributed by atoms with E-state index in [-0.39, 0.29) is 17.4 Å². The van der Waals surface area contributed by atoms with Crippen LogP contribution in [0.4, 0.5) is 5.69 Å². The van der Waals surface area contributed by atoms with Gasteiger partial charge in [0.05, 0.1) is 23.2 Å². The van der Waals surface area contributed by atoms with Gasteiger partial charge < -0.3 is 10.4 Å². The molecule has 0 bridgehead atoms. The number of aliphatic hydroxyl groups is 1. The Bertz CT molecular complexity index is 1420. The number of benzene rings is 4. The van der Waals surface area contributed by atoms with Gasteiger partial charge in [-0.25, -0.2) is 8.42 Å². The lowest BCUT2D eigenvalue weighted by atomic mass is 10.1. The summed E-state index contributed by atoms with van der Waals surface area (Å²) >= 11 is 0. The zero-order valence-electron chi connectivity index (χ0n) is 18.7. The van der Waals surface area contributed by atoms with E-state index in [4.69, 9.17) is 0 Å². The van der Waals surface area contributed by atoms with E-state index in [1.165, 1.54) is 6.07 Å². The molecule has 0 spiro atoms. The number of sulfonamides is 1. The summed E-state index contributed by atoms with van der Waals surface area (Å²) in [7, 11) is -3.86. The smallest absolute Gasteiger partial charge is 0.261 e. The zero-order valence-corrected chi connectivity index (χ0v) is 19.5. The maximum Gasteiger partial charge on any atom is 0.261 e. The number of aliphatic hydroxyl groups excluding tert-OH is 1. The number of fused-ring (bicyclic) bond motifs is 1. The molecule has 3 N–H and O–H groups in total. The lowest BCUT2D eigenvalue weighted by Gasteiger charge is -2.17. The Morgan fingerprint density at radius 1 is 0.882 bits per heavy atom. The van der Waals surface area contributed by atoms with E-state index in [2.05, 4.69) is 10.0 Å². The topological polar surface area (TPSA) is 95.5 Å². The van der Waals surface area contributed by atoms with E-state index in [1.807, 2.05) is 54.6 Å². The molecule has 0 aliphatic rings. The van der Waals surface area contributed by atoms with Crippen LogP contribution in [-0.2, 0) is 16.4 Å². The van der Waals surface area contributed by atoms with Gasteiger partial charge in [-0.15, -0.1) is 0 Å². The monoisotopic (exact) mass is 474 g/mol. The minimum absolute atomic E-state index is 0.142. The highest BCUT2D eigenvalue weighted by atomic mass is 32.2. The van der Waals surface area contributed by atoms with Gasteiger partial charge in [0.25, 0.3) is 15.9 Å². The van der Waals surface area contributed by atoms with Gasteiger partial charge in [-0.05, 0) is 59.5 Å². The highest BCUT2D eigenvalue weighted by Crippen LogP contribution is 2.24. The van der Waals surface area contributed by atoms with Crippen LogP contribution >= 0.6 is 0 Å². The van der Waals surface area contributed by atoms with Crippen molar-refractivity contribution in [3.8, 4) is 0 Å². The van der Waals surface area contributed by atoms with Crippen molar-refractivity contribution >= 4 is 32.4 Å². The SMILES string of the molecule is Cc1ccc(C(=O)N[C@H](CO)Cc2ccccc2)cc1NS(=O)(=O)c1ccc2ccccc2c1. The first-order valence-corrected chi connectivity index (χ1v) is 12.4. The van der Waals surface area contributed by atoms with Crippen LogP contribution in [0.2, 0.25) is 0 Å². The maximum atomic E-state index is 13.1. The van der Waals surface area contributed by atoms with Crippen molar-refractivity contribution in [1.82, 2.24) is 5.32 Å². The van der Waals surface area contributed by atoms with Crippen LogP contribution in [0.25, 0.3) is 10.8 Å². The molecule has 1 amide bonds. The van der Waals surface area contributed by atoms with E-state index < -0.39 is 16.1 Å². The van der Waals surface area contributed by atoms with E-state index in [0.717, 1.165) is 16.3 Å². The van der Waals surface area contributed by atoms with E-state index in [0.29, 0.717) is 23.2 Å². The third-order valence-corrected chi connectivity index (χ3v) is 7.02. The van der Waals surface area contributed by atoms with E-state index in [1.54, 1.807) is 37.3 Å². The summed E-state index contributed by atoms with van der Waals surface area (Å²) in [6.45, 7) is 1.56. The average Bonchev–Trinajstić information content (AvgIpc) is 2.85. The summed E-state index contributed by atoms with van der Waals surface area (Å²) in [5, 5.41) is 14.3. The first kappa shape index (κ1) is 23.5. The first-order valence-electron chi connectivity index (χ1n) is 10.9. The molecule has 0 unspecified atom stereocenters. The minimum Gasteiger partial charge on any atom is -0.394 e. The van der Waals surface area contributed by atoms with Crippen LogP contribution in [0, 0.1) is 6.92 Å². The number of hydrogen-bond donors (Lipinski definition) is 3. The summed E-state index contributed by atoms with van der Waals surface area (Å²) < 4.78 is 28.7. The molecule has 7 heteroatoms. The summed E-state index contributed by atoms with van der Waals surface area (Å²) in [4.78, 5) is 13.0. The van der Waals surface area contributed by atoms with Gasteiger partial charge in [0.15, 0.2) is 0 Å². The Hall–Kier alpha value is -3.68. The average molecular weight is 475 g/mol. The number of nitrogens with one attached hydrogen (secondary N) is 2. The number of carbonyl (C=O) groups is 1. The molecule has 0 fully saturated rings. The third kappa shape index (κ3) is 5.44. The fourth-order valence-corrected chi connectivity index (χ4v) is 4.90. The lowest BCUT2D eigenvalue weighted by molar-refractivity contribution is 0.0916. The van der Waals surface area contributed by atoms with Gasteiger partial charge in [0.1, 0.15) is 0 Å². The molecule has 4 aromatic carbocycles. The summed E-state index contributed by atoms with van der Waals surface area (Å²) in [5.74, 6) is -0.388. The maximum absolute atomic E-state index is 13.1. The molecular weight excluding hydrogens is 448 g/mol. The van der Waals surface area contributed by atoms with Crippen LogP contribution in [-0.4, -0.2) is 32.1 Å². The molecule has 6 nitrogen and oxygen atoms in total. The largest absolute Gasteiger partial charge is 0.394 e. The van der Waals surface area contributed by atoms with Gasteiger partial charge in [0, 0.05) is 5.56 Å². The van der Waals surface area contributed by atoms with Gasteiger partial charge in [-0.1, -0.05) is 66.7 Å². The first-order chi connectivity index (χ1) is 16.4. The Labute approximate surface area is 199 Å². The standard InChI is InChI=1S/C27H26N2O4S/c1-19-11-12-23(27(31)28-24(18-30)15-20-7-3-2-4-8-20)17-26(19)29-34(32,33)25-14-13-21-9-5-6-10-22(21)16-25/h2-14,16-17,24,29-30H,15,18H2,1H3,(H,28,31)/t24-/m0/s1. The van der Waals surface area contributed by atoms with Crippen molar-refractivity contribution in [2.24, 2.45) is 0 Å². The summed E-state index contributed by atoms with van der Waals surface area (Å²) in [6, 6.07) is 26.4. The van der Waals surface area contributed by atoms with Crippen LogP contribution < -0.4 is 10.0 Å². The molecule has 0 aliphatic heterocycles. The van der Waals surface area contributed by atoms with Crippen LogP contribution in [0.3, 0.4) is 0 Å². The van der Waals surface area contributed by atoms with Crippen molar-refractivity contribution in [3.05, 3.63) is 108 Å². The van der Waals surface area contributed by atoms with Crippen molar-refractivity contribution < 1.29 is 18.3 Å². The number of amides is 1. The van der Waals surface area contributed by atoms with Gasteiger partial charge in [-0.3, -0.25) is 9.52 Å². The number of aryl methyl sites for hydroxylation is 1. The summed E-state index contributed by atoms with van der Waals surface area (Å²) in [6.07, 6.45) is 0.483. The quantitative estimate of drug-likeness (QED) is 0.355. The molecule has 4 rings (SSSR count). The van der Waals surface area contributed by atoms with Crippen LogP contribution in [0.15, 0.2) is 95.9 Å². The molecular formula is C27H26N2O4S. The number of anilines is 1. The molecule has 174 valence electrons. The Balaban J connectivity index is 1.53. The van der Waals surface area contributed by atoms with Crippen molar-refractivity contribution in [2.45, 2.75) is 24.3 Å². The molecule has 0 saturated carbocycles. The zero-order chi connectivity index (χ0) is 24.1. The minimum atomic E-state index is -3.86. The van der Waals surface area contributed by atoms with Crippen LogP contribution in [0.1, 0.15) is 21.5 Å². The fourth-order valence-electron chi connectivity index (χ4n) is 3.74. The Morgan fingerprint density at radius 3 is 2.32 bits per heavy atom. The van der Waals surface area contributed by atoms with Gasteiger partial charge >= 0.3 is 0 Å². The molecule has 4 aromatic rings. The molecule has 0 aromatic heterocycles. The second-order valence-corrected chi connectivity index (χ2v) is 9.87. The number of rotatable bonds is 8. The predicted octanol–water partition coefficient (Wildman–Crippen LogP) is 4.28. The predicted molar refractivity (Wildman–Crippen MR) is 134 cm³/mol. The van der Waals surface area contributed by atoms with Crippen molar-refractivity contribution in [1.29, 1.82) is 0 Å². The summed E-state index contributed by atoms with van der Waals surface area (Å²) in [5.41, 5.74) is 2.30. The van der Waals surface area contributed by atoms with Gasteiger partial charge in [-0.2, -0.15) is 0 Å². The van der Waals surface area contributed by atoms with Crippen molar-refractivity contribution in [2.75, 3.05) is 11.3 Å². The Morgan fingerprint density at radius 2 is 1.59 bits per heavy atom. The fraction of sp³-hybridized carbons (Fsp3) is 0.148. The lowest BCUT2D eigenvalue weighted by Crippen LogP contribution is -2.39. The third-order valence-electron chi connectivity index (χ3n) is 5.66. The highest BCUT2D eigenvalue weighted by Gasteiger charge is 2.19. The number of carbonyl (C=O) groups excluding carboxylic acids is 1. The second kappa shape index (κ2) is 10.1. The molecule has 0 saturated heterocycles. The normalized spacial score (nSPS) is 12.3. The molecule has 34 heavy (non-hydrogen) atoms. The van der Waals surface area contributed by atoms with Gasteiger partial charge in [0.2, 0.25) is 0 Å². The molecule has 0 radical (unpaired) electrons.